The Balaban J connectivity index is 2.07. The van der Waals surface area contributed by atoms with Gasteiger partial charge >= 0.3 is 0 Å². The van der Waals surface area contributed by atoms with E-state index in [9.17, 15) is 0 Å². The Kier molecular flexibility index (Phi) is 8.73. The Morgan fingerprint density at radius 2 is 1.62 bits per heavy atom. The molecule has 0 aromatic heterocycles. The van der Waals surface area contributed by atoms with Gasteiger partial charge < -0.3 is 14.4 Å². The molecule has 0 fully saturated rings. The number of methoxy groups -OCH3 is 1. The molecule has 3 aromatic rings. The van der Waals surface area contributed by atoms with E-state index in [0.29, 0.717) is 8.58 Å². The number of hydrogen-bond acceptors (Lipinski definition) is 3. The normalized spacial score (nSPS) is 13.3. The van der Waals surface area contributed by atoms with E-state index in [4.69, 9.17) is 9.47 Å². The van der Waals surface area contributed by atoms with Gasteiger partial charge in [-0.3, -0.25) is 0 Å². The molecule has 0 bridgehead atoms. The van der Waals surface area contributed by atoms with Gasteiger partial charge in [0.05, 0.1) is 0 Å². The molecule has 0 aliphatic heterocycles. The molecular formula is C28H36NO2P. The number of hydrogen-bond donors (Lipinski definition) is 0. The third kappa shape index (κ3) is 5.91. The van der Waals surface area contributed by atoms with Crippen LogP contribution < -0.4 is 14.9 Å². The number of anilines is 1. The van der Waals surface area contributed by atoms with Gasteiger partial charge in [-0.15, -0.1) is 0 Å². The van der Waals surface area contributed by atoms with Crippen LogP contribution in [0.4, 0.5) is 5.69 Å². The van der Waals surface area contributed by atoms with Crippen molar-refractivity contribution in [1.82, 2.24) is 0 Å². The fourth-order valence-electron chi connectivity index (χ4n) is 4.29. The molecule has 2 atom stereocenters. The summed E-state index contributed by atoms with van der Waals surface area (Å²) < 4.78 is 11.6. The summed E-state index contributed by atoms with van der Waals surface area (Å²) in [5, 5.41) is 1.36. The molecule has 0 spiro atoms. The van der Waals surface area contributed by atoms with Gasteiger partial charge in [-0.1, -0.05) is 95.6 Å². The van der Waals surface area contributed by atoms with Crippen molar-refractivity contribution in [1.29, 1.82) is 0 Å². The molecule has 0 radical (unpaired) electrons. The monoisotopic (exact) mass is 449 g/mol. The number of rotatable bonds is 11. The molecule has 0 aliphatic rings. The van der Waals surface area contributed by atoms with Crippen molar-refractivity contribution >= 4 is 19.6 Å². The van der Waals surface area contributed by atoms with E-state index in [1.54, 1.807) is 7.11 Å². The molecule has 0 N–H and O–H groups in total. The van der Waals surface area contributed by atoms with Crippen LogP contribution in [-0.2, 0) is 16.3 Å². The molecule has 0 heterocycles. The predicted molar refractivity (Wildman–Crippen MR) is 139 cm³/mol. The lowest BCUT2D eigenvalue weighted by Gasteiger charge is -2.34. The molecule has 170 valence electrons. The Hall–Kier alpha value is -2.35. The molecule has 0 saturated heterocycles. The van der Waals surface area contributed by atoms with Crippen molar-refractivity contribution in [2.75, 3.05) is 32.9 Å². The lowest BCUT2D eigenvalue weighted by atomic mass is 9.91. The first-order valence-corrected chi connectivity index (χ1v) is 12.3. The van der Waals surface area contributed by atoms with Crippen LogP contribution in [0.25, 0.3) is 0 Å². The van der Waals surface area contributed by atoms with Crippen molar-refractivity contribution in [2.24, 2.45) is 0 Å². The highest BCUT2D eigenvalue weighted by Crippen LogP contribution is 2.50. The van der Waals surface area contributed by atoms with Gasteiger partial charge in [0.1, 0.15) is 5.75 Å². The minimum absolute atomic E-state index is 0.0311. The van der Waals surface area contributed by atoms with Crippen LogP contribution in [0.2, 0.25) is 0 Å². The van der Waals surface area contributed by atoms with Crippen molar-refractivity contribution < 1.29 is 9.47 Å². The van der Waals surface area contributed by atoms with Gasteiger partial charge in [0.15, 0.2) is 6.79 Å². The summed E-state index contributed by atoms with van der Waals surface area (Å²) in [6.45, 7) is 4.91. The minimum atomic E-state index is -0.0311. The van der Waals surface area contributed by atoms with Gasteiger partial charge in [-0.05, 0) is 28.9 Å². The fourth-order valence-corrected chi connectivity index (χ4v) is 6.21. The van der Waals surface area contributed by atoms with E-state index in [-0.39, 0.29) is 11.9 Å². The zero-order valence-electron chi connectivity index (χ0n) is 20.0. The smallest absolute Gasteiger partial charge is 0.188 e. The van der Waals surface area contributed by atoms with Crippen molar-refractivity contribution in [3.05, 3.63) is 89.5 Å². The van der Waals surface area contributed by atoms with E-state index in [1.807, 2.05) is 0 Å². The molecule has 0 amide bonds. The number of para-hydroxylation sites is 2. The number of ether oxygens (including phenoxy) is 2. The molecule has 0 saturated carbocycles. The van der Waals surface area contributed by atoms with Crippen LogP contribution in [-0.4, -0.2) is 28.0 Å². The molecule has 4 heteroatoms. The maximum atomic E-state index is 6.27. The van der Waals surface area contributed by atoms with Crippen molar-refractivity contribution in [3.8, 4) is 5.75 Å². The molecule has 2 unspecified atom stereocenters. The van der Waals surface area contributed by atoms with E-state index >= 15 is 0 Å². The van der Waals surface area contributed by atoms with Gasteiger partial charge in [0, 0.05) is 44.0 Å². The van der Waals surface area contributed by atoms with E-state index in [1.165, 1.54) is 27.7 Å². The van der Waals surface area contributed by atoms with Crippen LogP contribution in [0.3, 0.4) is 0 Å². The van der Waals surface area contributed by atoms with Gasteiger partial charge in [-0.25, -0.2) is 0 Å². The Morgan fingerprint density at radius 3 is 2.31 bits per heavy atom. The Bertz CT molecular complexity index is 990. The Morgan fingerprint density at radius 1 is 0.906 bits per heavy atom. The van der Waals surface area contributed by atoms with E-state index < -0.39 is 0 Å². The fraction of sp³-hybridized carbons (Fsp3) is 0.357. The molecule has 32 heavy (non-hydrogen) atoms. The summed E-state index contributed by atoms with van der Waals surface area (Å²) in [4.78, 5) is 2.21. The second-order valence-corrected chi connectivity index (χ2v) is 10.5. The summed E-state index contributed by atoms with van der Waals surface area (Å²) in [5.41, 5.74) is 5.05. The average molecular weight is 450 g/mol. The molecule has 3 rings (SSSR count). The largest absolute Gasteiger partial charge is 0.467 e. The second kappa shape index (κ2) is 11.5. The first-order valence-electron chi connectivity index (χ1n) is 11.3. The lowest BCUT2D eigenvalue weighted by molar-refractivity contribution is 0.0494. The maximum Gasteiger partial charge on any atom is 0.188 e. The first-order chi connectivity index (χ1) is 15.5. The molecule has 3 nitrogen and oxygen atoms in total. The zero-order chi connectivity index (χ0) is 23.0. The third-order valence-corrected chi connectivity index (χ3v) is 7.56. The van der Waals surface area contributed by atoms with Gasteiger partial charge in [-0.2, -0.15) is 0 Å². The topological polar surface area (TPSA) is 21.7 Å². The molecule has 0 aliphatic carbocycles. The average Bonchev–Trinajstić information content (AvgIpc) is 2.79. The zero-order valence-corrected chi connectivity index (χ0v) is 21.0. The van der Waals surface area contributed by atoms with Gasteiger partial charge in [0.25, 0.3) is 0 Å². The second-order valence-electron chi connectivity index (χ2n) is 8.63. The predicted octanol–water partition coefficient (Wildman–Crippen LogP) is 6.35. The lowest BCUT2D eigenvalue weighted by Crippen LogP contribution is -2.24. The maximum absolute atomic E-state index is 6.27. The summed E-state index contributed by atoms with van der Waals surface area (Å²) in [7, 11) is 6.55. The summed E-state index contributed by atoms with van der Waals surface area (Å²) in [5.74, 6) is 0.976. The third-order valence-electron chi connectivity index (χ3n) is 5.80. The van der Waals surface area contributed by atoms with Crippen LogP contribution in [0.1, 0.15) is 43.4 Å². The van der Waals surface area contributed by atoms with Crippen LogP contribution in [0.15, 0.2) is 72.8 Å². The van der Waals surface area contributed by atoms with Crippen molar-refractivity contribution in [3.63, 3.8) is 0 Å². The summed E-state index contributed by atoms with van der Waals surface area (Å²) >= 11 is 0. The van der Waals surface area contributed by atoms with Crippen molar-refractivity contribution in [2.45, 2.75) is 38.3 Å². The quantitative estimate of drug-likeness (QED) is 0.252. The van der Waals surface area contributed by atoms with Gasteiger partial charge in [0.2, 0.25) is 0 Å². The van der Waals surface area contributed by atoms with E-state index in [0.717, 1.165) is 25.0 Å². The van der Waals surface area contributed by atoms with Crippen LogP contribution >= 0.6 is 8.58 Å². The number of nitrogens with zero attached hydrogens (tertiary/aromatic N) is 1. The van der Waals surface area contributed by atoms with E-state index in [2.05, 4.69) is 106 Å². The first kappa shape index (κ1) is 24.3. The SMILES string of the molecule is CCCC(C)(Pc1ccccc1N(C)C)c1cccc(Cc2ccccc2)c1OCOC. The molecular weight excluding hydrogens is 413 g/mol. The van der Waals surface area contributed by atoms with Crippen LogP contribution in [0, 0.1) is 0 Å². The molecule has 3 aromatic carbocycles. The van der Waals surface area contributed by atoms with Crippen LogP contribution in [0.5, 0.6) is 5.75 Å². The highest BCUT2D eigenvalue weighted by Gasteiger charge is 2.31. The highest BCUT2D eigenvalue weighted by molar-refractivity contribution is 7.49. The number of benzene rings is 3. The standard InChI is InChI=1S/C28H36NO2P/c1-6-19-28(2,32-26-18-11-10-17-25(26)29(3)4)24-16-12-15-23(27(24)31-21-30-5)20-22-13-8-7-9-14-22/h7-18,32H,6,19-21H2,1-5H3. The summed E-state index contributed by atoms with van der Waals surface area (Å²) in [6.07, 6.45) is 3.04. The highest BCUT2D eigenvalue weighted by atomic mass is 31.1. The minimum Gasteiger partial charge on any atom is -0.467 e. The Labute approximate surface area is 195 Å². The summed E-state index contributed by atoms with van der Waals surface area (Å²) in [6, 6.07) is 26.0.